The normalized spacial score (nSPS) is 22.6. The standard InChI is InChI=1S/C15H20FN3O2/c1-2-12-10-19(15(20)21-12)11-3-4-14(13(16)9-11)18-7-5-17-6-8-18/h3-4,9,12,17H,2,5-8,10H2,1H3. The molecule has 1 unspecified atom stereocenters. The fraction of sp³-hybridized carbons (Fsp3) is 0.533. The summed E-state index contributed by atoms with van der Waals surface area (Å²) in [6, 6.07) is 4.97. The summed E-state index contributed by atoms with van der Waals surface area (Å²) in [5, 5.41) is 3.24. The van der Waals surface area contributed by atoms with Crippen molar-refractivity contribution in [1.29, 1.82) is 0 Å². The lowest BCUT2D eigenvalue weighted by Crippen LogP contribution is -2.43. The number of rotatable bonds is 3. The number of nitrogens with one attached hydrogen (secondary N) is 1. The molecule has 21 heavy (non-hydrogen) atoms. The third-order valence-corrected chi connectivity index (χ3v) is 4.03. The Kier molecular flexibility index (Phi) is 3.96. The Balaban J connectivity index is 1.79. The average molecular weight is 293 g/mol. The maximum absolute atomic E-state index is 14.4. The summed E-state index contributed by atoms with van der Waals surface area (Å²) >= 11 is 0. The minimum atomic E-state index is -0.392. The van der Waals surface area contributed by atoms with Gasteiger partial charge in [0.2, 0.25) is 0 Å². The SMILES string of the molecule is CCC1CN(c2ccc(N3CCNCC3)c(F)c2)C(=O)O1. The highest BCUT2D eigenvalue weighted by Gasteiger charge is 2.31. The predicted octanol–water partition coefficient (Wildman–Crippen LogP) is 1.97. The molecule has 1 aromatic rings. The van der Waals surface area contributed by atoms with Crippen LogP contribution < -0.4 is 15.1 Å². The number of anilines is 2. The van der Waals surface area contributed by atoms with Crippen LogP contribution in [0.2, 0.25) is 0 Å². The van der Waals surface area contributed by atoms with Crippen molar-refractivity contribution in [1.82, 2.24) is 5.32 Å². The minimum absolute atomic E-state index is 0.103. The molecule has 6 heteroatoms. The highest BCUT2D eigenvalue weighted by atomic mass is 19.1. The Labute approximate surface area is 123 Å². The van der Waals surface area contributed by atoms with Crippen LogP contribution in [0.3, 0.4) is 0 Å². The number of piperazine rings is 1. The largest absolute Gasteiger partial charge is 0.444 e. The predicted molar refractivity (Wildman–Crippen MR) is 79.4 cm³/mol. The fourth-order valence-corrected chi connectivity index (χ4v) is 2.77. The molecule has 1 atom stereocenters. The van der Waals surface area contributed by atoms with E-state index in [9.17, 15) is 9.18 Å². The van der Waals surface area contributed by atoms with Crippen molar-refractivity contribution in [3.63, 3.8) is 0 Å². The van der Waals surface area contributed by atoms with E-state index in [1.165, 1.54) is 11.0 Å². The maximum Gasteiger partial charge on any atom is 0.414 e. The molecule has 2 aliphatic rings. The molecule has 1 amide bonds. The van der Waals surface area contributed by atoms with Crippen LogP contribution in [0.25, 0.3) is 0 Å². The van der Waals surface area contributed by atoms with Crippen molar-refractivity contribution < 1.29 is 13.9 Å². The van der Waals surface area contributed by atoms with Gasteiger partial charge in [-0.3, -0.25) is 4.90 Å². The van der Waals surface area contributed by atoms with Gasteiger partial charge in [-0.05, 0) is 24.6 Å². The summed E-state index contributed by atoms with van der Waals surface area (Å²) in [5.74, 6) is -0.290. The van der Waals surface area contributed by atoms with Gasteiger partial charge in [-0.2, -0.15) is 0 Å². The number of carbonyl (C=O) groups is 1. The molecule has 2 heterocycles. The monoisotopic (exact) mass is 293 g/mol. The number of ether oxygens (including phenoxy) is 1. The van der Waals surface area contributed by atoms with Gasteiger partial charge in [0.25, 0.3) is 0 Å². The molecule has 0 saturated carbocycles. The molecule has 1 aromatic carbocycles. The smallest absolute Gasteiger partial charge is 0.414 e. The summed E-state index contributed by atoms with van der Waals surface area (Å²) in [6.45, 7) is 5.76. The Hall–Kier alpha value is -1.82. The highest BCUT2D eigenvalue weighted by molar-refractivity contribution is 5.90. The molecule has 0 aromatic heterocycles. The topological polar surface area (TPSA) is 44.8 Å². The Morgan fingerprint density at radius 3 is 2.76 bits per heavy atom. The summed E-state index contributed by atoms with van der Waals surface area (Å²) in [5.41, 5.74) is 1.16. The first-order valence-electron chi connectivity index (χ1n) is 7.42. The van der Waals surface area contributed by atoms with Gasteiger partial charge in [-0.1, -0.05) is 6.92 Å². The van der Waals surface area contributed by atoms with E-state index >= 15 is 0 Å². The molecule has 0 aliphatic carbocycles. The number of amides is 1. The number of hydrogen-bond donors (Lipinski definition) is 1. The second-order valence-corrected chi connectivity index (χ2v) is 5.40. The second-order valence-electron chi connectivity index (χ2n) is 5.40. The first-order chi connectivity index (χ1) is 10.2. The van der Waals surface area contributed by atoms with Crippen LogP contribution in [-0.2, 0) is 4.74 Å². The summed E-state index contributed by atoms with van der Waals surface area (Å²) in [4.78, 5) is 15.3. The minimum Gasteiger partial charge on any atom is -0.444 e. The van der Waals surface area contributed by atoms with Crippen LogP contribution in [-0.4, -0.2) is 44.9 Å². The quantitative estimate of drug-likeness (QED) is 0.925. The molecule has 114 valence electrons. The van der Waals surface area contributed by atoms with E-state index < -0.39 is 6.09 Å². The number of nitrogens with zero attached hydrogens (tertiary/aromatic N) is 2. The molecule has 2 saturated heterocycles. The van der Waals surface area contributed by atoms with E-state index in [4.69, 9.17) is 4.74 Å². The van der Waals surface area contributed by atoms with Gasteiger partial charge < -0.3 is 15.0 Å². The zero-order valence-electron chi connectivity index (χ0n) is 12.1. The van der Waals surface area contributed by atoms with Crippen molar-refractivity contribution in [3.8, 4) is 0 Å². The van der Waals surface area contributed by atoms with Crippen molar-refractivity contribution in [2.75, 3.05) is 42.5 Å². The van der Waals surface area contributed by atoms with Crippen LogP contribution >= 0.6 is 0 Å². The molecule has 1 N–H and O–H groups in total. The summed E-state index contributed by atoms with van der Waals surface area (Å²) in [6.07, 6.45) is 0.272. The third-order valence-electron chi connectivity index (χ3n) is 4.03. The molecule has 3 rings (SSSR count). The Bertz CT molecular complexity index is 532. The van der Waals surface area contributed by atoms with Crippen molar-refractivity contribution in [2.45, 2.75) is 19.4 Å². The van der Waals surface area contributed by atoms with E-state index in [0.717, 1.165) is 32.6 Å². The zero-order valence-corrected chi connectivity index (χ0v) is 12.1. The molecule has 0 radical (unpaired) electrons. The van der Waals surface area contributed by atoms with Gasteiger partial charge in [0.1, 0.15) is 11.9 Å². The first kappa shape index (κ1) is 14.1. The molecule has 0 spiro atoms. The zero-order chi connectivity index (χ0) is 14.8. The molecule has 2 aliphatic heterocycles. The highest BCUT2D eigenvalue weighted by Crippen LogP contribution is 2.28. The number of carbonyl (C=O) groups excluding carboxylic acids is 1. The Morgan fingerprint density at radius 1 is 1.38 bits per heavy atom. The van der Waals surface area contributed by atoms with Gasteiger partial charge in [-0.15, -0.1) is 0 Å². The van der Waals surface area contributed by atoms with Crippen LogP contribution in [0.15, 0.2) is 18.2 Å². The van der Waals surface area contributed by atoms with Gasteiger partial charge in [0, 0.05) is 26.2 Å². The average Bonchev–Trinajstić information content (AvgIpc) is 2.89. The van der Waals surface area contributed by atoms with E-state index in [1.807, 2.05) is 11.8 Å². The van der Waals surface area contributed by atoms with Crippen LogP contribution in [0.4, 0.5) is 20.6 Å². The Morgan fingerprint density at radius 2 is 2.14 bits per heavy atom. The second kappa shape index (κ2) is 5.89. The molecular weight excluding hydrogens is 273 g/mol. The number of benzene rings is 1. The van der Waals surface area contributed by atoms with E-state index in [2.05, 4.69) is 5.32 Å². The number of hydrogen-bond acceptors (Lipinski definition) is 4. The number of halogens is 1. The van der Waals surface area contributed by atoms with Gasteiger partial charge >= 0.3 is 6.09 Å². The van der Waals surface area contributed by atoms with Crippen LogP contribution in [0.5, 0.6) is 0 Å². The van der Waals surface area contributed by atoms with E-state index in [1.54, 1.807) is 12.1 Å². The maximum atomic E-state index is 14.4. The van der Waals surface area contributed by atoms with Crippen LogP contribution in [0, 0.1) is 5.82 Å². The van der Waals surface area contributed by atoms with E-state index in [0.29, 0.717) is 17.9 Å². The third kappa shape index (κ3) is 2.81. The van der Waals surface area contributed by atoms with Crippen molar-refractivity contribution in [2.24, 2.45) is 0 Å². The van der Waals surface area contributed by atoms with Gasteiger partial charge in [0.15, 0.2) is 0 Å². The lowest BCUT2D eigenvalue weighted by atomic mass is 10.2. The lowest BCUT2D eigenvalue weighted by Gasteiger charge is -2.30. The number of cyclic esters (lactones) is 1. The van der Waals surface area contributed by atoms with E-state index in [-0.39, 0.29) is 11.9 Å². The van der Waals surface area contributed by atoms with Crippen molar-refractivity contribution >= 4 is 17.5 Å². The molecule has 0 bridgehead atoms. The van der Waals surface area contributed by atoms with Crippen molar-refractivity contribution in [3.05, 3.63) is 24.0 Å². The van der Waals surface area contributed by atoms with Gasteiger partial charge in [0.05, 0.1) is 17.9 Å². The molecule has 2 fully saturated rings. The fourth-order valence-electron chi connectivity index (χ4n) is 2.77. The molecule has 5 nitrogen and oxygen atoms in total. The van der Waals surface area contributed by atoms with Gasteiger partial charge in [-0.25, -0.2) is 9.18 Å². The van der Waals surface area contributed by atoms with Crippen LogP contribution in [0.1, 0.15) is 13.3 Å². The summed E-state index contributed by atoms with van der Waals surface area (Å²) in [7, 11) is 0. The lowest BCUT2D eigenvalue weighted by molar-refractivity contribution is 0.139. The molecular formula is C15H20FN3O2. The summed E-state index contributed by atoms with van der Waals surface area (Å²) < 4.78 is 19.6. The first-order valence-corrected chi connectivity index (χ1v) is 7.42.